The van der Waals surface area contributed by atoms with Crippen molar-refractivity contribution in [2.45, 2.75) is 25.4 Å². The molecule has 5 nitrogen and oxygen atoms in total. The number of likely N-dealkylation sites (tertiary alicyclic amines) is 1. The number of methoxy groups -OCH3 is 1. The van der Waals surface area contributed by atoms with Crippen molar-refractivity contribution in [1.82, 2.24) is 4.90 Å². The Morgan fingerprint density at radius 1 is 1.28 bits per heavy atom. The van der Waals surface area contributed by atoms with E-state index in [0.717, 1.165) is 42.9 Å². The average molecular weight is 340 g/mol. The fourth-order valence-electron chi connectivity index (χ4n) is 3.24. The van der Waals surface area contributed by atoms with E-state index in [9.17, 15) is 9.90 Å². The van der Waals surface area contributed by atoms with Crippen LogP contribution < -0.4 is 10.1 Å². The first-order chi connectivity index (χ1) is 12.2. The maximum Gasteiger partial charge on any atom is 0.255 e. The molecule has 132 valence electrons. The van der Waals surface area contributed by atoms with Crippen molar-refractivity contribution < 1.29 is 14.6 Å². The second-order valence-corrected chi connectivity index (χ2v) is 6.33. The lowest BCUT2D eigenvalue weighted by Crippen LogP contribution is -2.31. The molecule has 1 amide bonds. The van der Waals surface area contributed by atoms with Gasteiger partial charge in [0.15, 0.2) is 0 Å². The van der Waals surface area contributed by atoms with Gasteiger partial charge in [0, 0.05) is 23.8 Å². The number of amides is 1. The number of hydrogen-bond donors (Lipinski definition) is 2. The molecule has 25 heavy (non-hydrogen) atoms. The Bertz CT molecular complexity index is 715. The predicted molar refractivity (Wildman–Crippen MR) is 97.9 cm³/mol. The molecule has 1 saturated heterocycles. The molecular weight excluding hydrogens is 316 g/mol. The smallest absolute Gasteiger partial charge is 0.255 e. The quantitative estimate of drug-likeness (QED) is 0.849. The van der Waals surface area contributed by atoms with Crippen LogP contribution in [0.2, 0.25) is 0 Å². The van der Waals surface area contributed by atoms with Crippen molar-refractivity contribution in [3.8, 4) is 5.75 Å². The topological polar surface area (TPSA) is 61.8 Å². The summed E-state index contributed by atoms with van der Waals surface area (Å²) in [5, 5.41) is 12.4. The Hall–Kier alpha value is -2.37. The summed E-state index contributed by atoms with van der Waals surface area (Å²) in [5.74, 6) is 0.580. The van der Waals surface area contributed by atoms with Crippen molar-refractivity contribution in [3.63, 3.8) is 0 Å². The Morgan fingerprint density at radius 3 is 2.80 bits per heavy atom. The van der Waals surface area contributed by atoms with Crippen molar-refractivity contribution in [2.75, 3.05) is 25.6 Å². The fourth-order valence-corrected chi connectivity index (χ4v) is 3.24. The van der Waals surface area contributed by atoms with Crippen LogP contribution in [0.15, 0.2) is 48.5 Å². The number of carbonyl (C=O) groups is 1. The van der Waals surface area contributed by atoms with E-state index in [4.69, 9.17) is 4.74 Å². The number of nitrogens with zero attached hydrogens (tertiary/aromatic N) is 1. The minimum Gasteiger partial charge on any atom is -0.497 e. The zero-order valence-electron chi connectivity index (χ0n) is 14.4. The lowest BCUT2D eigenvalue weighted by Gasteiger charge is -2.22. The molecule has 5 heteroatoms. The van der Waals surface area contributed by atoms with Gasteiger partial charge in [-0.3, -0.25) is 9.69 Å². The molecule has 1 aliphatic rings. The first kappa shape index (κ1) is 17.5. The minimum absolute atomic E-state index is 0.144. The van der Waals surface area contributed by atoms with Crippen LogP contribution in [0.1, 0.15) is 28.8 Å². The van der Waals surface area contributed by atoms with Crippen LogP contribution in [0, 0.1) is 0 Å². The molecule has 0 aliphatic carbocycles. The molecule has 1 aliphatic heterocycles. The van der Waals surface area contributed by atoms with E-state index in [1.54, 1.807) is 31.4 Å². The third-order valence-corrected chi connectivity index (χ3v) is 4.63. The van der Waals surface area contributed by atoms with Gasteiger partial charge in [0.1, 0.15) is 5.75 Å². The van der Waals surface area contributed by atoms with Gasteiger partial charge in [-0.05, 0) is 61.3 Å². The molecule has 0 unspecified atom stereocenters. The lowest BCUT2D eigenvalue weighted by molar-refractivity contribution is 0.102. The highest BCUT2D eigenvalue weighted by atomic mass is 16.5. The number of aliphatic hydroxyl groups is 1. The number of hydrogen-bond acceptors (Lipinski definition) is 4. The third kappa shape index (κ3) is 4.38. The first-order valence-corrected chi connectivity index (χ1v) is 8.59. The highest BCUT2D eigenvalue weighted by Crippen LogP contribution is 2.21. The van der Waals surface area contributed by atoms with Gasteiger partial charge < -0.3 is 15.2 Å². The molecule has 2 aromatic carbocycles. The number of aliphatic hydroxyl groups excluding tert-OH is 1. The second-order valence-electron chi connectivity index (χ2n) is 6.33. The summed E-state index contributed by atoms with van der Waals surface area (Å²) in [7, 11) is 1.60. The van der Waals surface area contributed by atoms with Crippen LogP contribution in [0.5, 0.6) is 5.75 Å². The third-order valence-electron chi connectivity index (χ3n) is 4.63. The van der Waals surface area contributed by atoms with E-state index in [0.29, 0.717) is 5.56 Å². The van der Waals surface area contributed by atoms with Crippen LogP contribution in [0.3, 0.4) is 0 Å². The molecule has 0 radical (unpaired) electrons. The van der Waals surface area contributed by atoms with Gasteiger partial charge in [-0.1, -0.05) is 12.1 Å². The van der Waals surface area contributed by atoms with Crippen LogP contribution in [0.25, 0.3) is 0 Å². The zero-order valence-corrected chi connectivity index (χ0v) is 14.4. The number of ether oxygens (including phenoxy) is 1. The number of carbonyl (C=O) groups excluding carboxylic acids is 1. The largest absolute Gasteiger partial charge is 0.497 e. The molecule has 0 saturated carbocycles. The Balaban J connectivity index is 1.65. The van der Waals surface area contributed by atoms with E-state index >= 15 is 0 Å². The van der Waals surface area contributed by atoms with Crippen LogP contribution in [-0.4, -0.2) is 42.2 Å². The Kier molecular flexibility index (Phi) is 5.68. The van der Waals surface area contributed by atoms with E-state index in [1.165, 1.54) is 0 Å². The minimum atomic E-state index is -0.144. The van der Waals surface area contributed by atoms with Crippen molar-refractivity contribution in [1.29, 1.82) is 0 Å². The van der Waals surface area contributed by atoms with E-state index < -0.39 is 0 Å². The molecule has 3 rings (SSSR count). The van der Waals surface area contributed by atoms with Gasteiger partial charge >= 0.3 is 0 Å². The zero-order chi connectivity index (χ0) is 17.6. The molecule has 1 heterocycles. The monoisotopic (exact) mass is 340 g/mol. The van der Waals surface area contributed by atoms with E-state index in [2.05, 4.69) is 16.3 Å². The average Bonchev–Trinajstić information content (AvgIpc) is 3.09. The number of nitrogens with one attached hydrogen (secondary N) is 1. The summed E-state index contributed by atoms with van der Waals surface area (Å²) in [6.45, 7) is 2.00. The summed E-state index contributed by atoms with van der Waals surface area (Å²) < 4.78 is 5.11. The SMILES string of the molecule is COc1ccc(C(=O)Nc2cccc(CN3CCC[C@H]3CO)c2)cc1. The summed E-state index contributed by atoms with van der Waals surface area (Å²) in [5.41, 5.74) is 2.50. The summed E-state index contributed by atoms with van der Waals surface area (Å²) in [4.78, 5) is 14.7. The van der Waals surface area contributed by atoms with Gasteiger partial charge in [0.25, 0.3) is 5.91 Å². The fraction of sp³-hybridized carbons (Fsp3) is 0.350. The predicted octanol–water partition coefficient (Wildman–Crippen LogP) is 2.90. The second kappa shape index (κ2) is 8.14. The van der Waals surface area contributed by atoms with Crippen LogP contribution in [-0.2, 0) is 6.54 Å². The first-order valence-electron chi connectivity index (χ1n) is 8.59. The summed E-state index contributed by atoms with van der Waals surface area (Å²) in [6.07, 6.45) is 2.17. The maximum absolute atomic E-state index is 12.4. The van der Waals surface area contributed by atoms with Gasteiger partial charge in [-0.15, -0.1) is 0 Å². The van der Waals surface area contributed by atoms with Gasteiger partial charge in [-0.2, -0.15) is 0 Å². The normalized spacial score (nSPS) is 17.4. The highest BCUT2D eigenvalue weighted by molar-refractivity contribution is 6.04. The van der Waals surface area contributed by atoms with Gasteiger partial charge in [-0.25, -0.2) is 0 Å². The molecule has 1 atom stereocenters. The Labute approximate surface area is 148 Å². The van der Waals surface area contributed by atoms with Crippen LogP contribution >= 0.6 is 0 Å². The molecule has 2 N–H and O–H groups in total. The molecule has 0 spiro atoms. The molecule has 0 bridgehead atoms. The highest BCUT2D eigenvalue weighted by Gasteiger charge is 2.23. The lowest BCUT2D eigenvalue weighted by atomic mass is 10.1. The number of anilines is 1. The molecule has 2 aromatic rings. The molecule has 1 fully saturated rings. The van der Waals surface area contributed by atoms with Crippen molar-refractivity contribution >= 4 is 11.6 Å². The van der Waals surface area contributed by atoms with Crippen molar-refractivity contribution in [2.24, 2.45) is 0 Å². The summed E-state index contributed by atoms with van der Waals surface area (Å²) in [6, 6.07) is 15.2. The number of rotatable bonds is 6. The Morgan fingerprint density at radius 2 is 2.08 bits per heavy atom. The molecule has 0 aromatic heterocycles. The molecular formula is C20H24N2O3. The maximum atomic E-state index is 12.4. The summed E-state index contributed by atoms with van der Waals surface area (Å²) >= 11 is 0. The number of benzene rings is 2. The van der Waals surface area contributed by atoms with Gasteiger partial charge in [0.2, 0.25) is 0 Å². The standard InChI is InChI=1S/C20H24N2O3/c1-25-19-9-7-16(8-10-19)20(24)21-17-5-2-4-15(12-17)13-22-11-3-6-18(22)14-23/h2,4-5,7-10,12,18,23H,3,6,11,13-14H2,1H3,(H,21,24)/t18-/m0/s1. The van der Waals surface area contributed by atoms with Crippen molar-refractivity contribution in [3.05, 3.63) is 59.7 Å². The van der Waals surface area contributed by atoms with Gasteiger partial charge in [0.05, 0.1) is 13.7 Å². The van der Waals surface area contributed by atoms with E-state index in [1.807, 2.05) is 18.2 Å². The van der Waals surface area contributed by atoms with E-state index in [-0.39, 0.29) is 18.6 Å². The van der Waals surface area contributed by atoms with Crippen LogP contribution in [0.4, 0.5) is 5.69 Å².